The fourth-order valence-corrected chi connectivity index (χ4v) is 4.57. The van der Waals surface area contributed by atoms with Gasteiger partial charge in [-0.05, 0) is 30.5 Å². The SMILES string of the molecule is CCCc1cc(=O)n2c(n1)SCC2CC(=O)NCCc1ccc(OC)c(OC)c1. The molecule has 1 N–H and O–H groups in total. The number of fused-ring (bicyclic) bond motifs is 1. The van der Waals surface area contributed by atoms with Crippen molar-refractivity contribution in [1.29, 1.82) is 0 Å². The molecule has 156 valence electrons. The fourth-order valence-electron chi connectivity index (χ4n) is 3.40. The lowest BCUT2D eigenvalue weighted by Gasteiger charge is -2.14. The standard InChI is InChI=1S/C21H27N3O4S/c1-4-5-15-11-20(26)24-16(13-29-21(24)23-15)12-19(25)22-9-8-14-6-7-17(27-2)18(10-14)28-3/h6-7,10-11,16H,4-5,8-9,12-13H2,1-3H3,(H,22,25). The molecule has 3 rings (SSSR count). The van der Waals surface area contributed by atoms with E-state index in [1.54, 1.807) is 36.6 Å². The summed E-state index contributed by atoms with van der Waals surface area (Å²) in [6, 6.07) is 7.17. The second kappa shape index (κ2) is 9.82. The Hall–Kier alpha value is -2.48. The van der Waals surface area contributed by atoms with Gasteiger partial charge in [0.25, 0.3) is 5.56 Å². The molecule has 1 aromatic carbocycles. The van der Waals surface area contributed by atoms with E-state index >= 15 is 0 Å². The van der Waals surface area contributed by atoms with Crippen LogP contribution in [-0.2, 0) is 17.6 Å². The van der Waals surface area contributed by atoms with E-state index in [1.165, 1.54) is 0 Å². The summed E-state index contributed by atoms with van der Waals surface area (Å²) in [5.41, 5.74) is 1.82. The Kier molecular flexibility index (Phi) is 7.19. The number of nitrogens with zero attached hydrogens (tertiary/aromatic N) is 2. The molecule has 0 bridgehead atoms. The van der Waals surface area contributed by atoms with E-state index in [9.17, 15) is 9.59 Å². The van der Waals surface area contributed by atoms with Crippen molar-refractivity contribution in [3.05, 3.63) is 45.9 Å². The largest absolute Gasteiger partial charge is 0.493 e. The summed E-state index contributed by atoms with van der Waals surface area (Å²) in [5.74, 6) is 1.98. The van der Waals surface area contributed by atoms with Crippen LogP contribution in [0.2, 0.25) is 0 Å². The monoisotopic (exact) mass is 417 g/mol. The summed E-state index contributed by atoms with van der Waals surface area (Å²) in [6.45, 7) is 2.58. The molecule has 1 atom stereocenters. The van der Waals surface area contributed by atoms with E-state index in [0.717, 1.165) is 29.3 Å². The third-order valence-electron chi connectivity index (χ3n) is 4.85. The molecule has 1 amide bonds. The smallest absolute Gasteiger partial charge is 0.254 e. The van der Waals surface area contributed by atoms with Crippen LogP contribution < -0.4 is 20.3 Å². The summed E-state index contributed by atoms with van der Waals surface area (Å²) in [5, 5.41) is 3.68. The molecule has 0 spiro atoms. The normalized spacial score (nSPS) is 15.1. The Labute approximate surface area is 174 Å². The molecule has 1 aliphatic heterocycles. The van der Waals surface area contributed by atoms with Crippen molar-refractivity contribution >= 4 is 17.7 Å². The predicted octanol–water partition coefficient (Wildman–Crippen LogP) is 2.61. The Balaban J connectivity index is 1.55. The molecule has 1 aliphatic rings. The number of hydrogen-bond acceptors (Lipinski definition) is 6. The highest BCUT2D eigenvalue weighted by molar-refractivity contribution is 7.99. The van der Waals surface area contributed by atoms with E-state index in [-0.39, 0.29) is 23.9 Å². The average molecular weight is 418 g/mol. The Morgan fingerprint density at radius 3 is 2.76 bits per heavy atom. The highest BCUT2D eigenvalue weighted by Crippen LogP contribution is 2.32. The molecular formula is C21H27N3O4S. The highest BCUT2D eigenvalue weighted by Gasteiger charge is 2.27. The summed E-state index contributed by atoms with van der Waals surface area (Å²) in [6.07, 6.45) is 2.71. The molecule has 0 radical (unpaired) electrons. The van der Waals surface area contributed by atoms with Crippen molar-refractivity contribution in [2.45, 2.75) is 43.8 Å². The number of nitrogens with one attached hydrogen (secondary N) is 1. The van der Waals surface area contributed by atoms with Crippen LogP contribution in [0.4, 0.5) is 0 Å². The molecule has 8 heteroatoms. The first-order valence-electron chi connectivity index (χ1n) is 9.78. The Bertz CT molecular complexity index is 929. The maximum absolute atomic E-state index is 12.5. The Morgan fingerprint density at radius 1 is 1.24 bits per heavy atom. The topological polar surface area (TPSA) is 82.5 Å². The third kappa shape index (κ3) is 5.12. The van der Waals surface area contributed by atoms with Crippen LogP contribution in [-0.4, -0.2) is 42.0 Å². The van der Waals surface area contributed by atoms with Crippen LogP contribution in [0.5, 0.6) is 11.5 Å². The number of benzene rings is 1. The summed E-state index contributed by atoms with van der Waals surface area (Å²) >= 11 is 1.55. The van der Waals surface area contributed by atoms with Crippen LogP contribution in [0.15, 0.2) is 34.2 Å². The van der Waals surface area contributed by atoms with E-state index in [0.29, 0.717) is 30.2 Å². The molecular weight excluding hydrogens is 390 g/mol. The van der Waals surface area contributed by atoms with E-state index in [2.05, 4.69) is 17.2 Å². The first-order valence-corrected chi connectivity index (χ1v) is 10.8. The van der Waals surface area contributed by atoms with Crippen LogP contribution in [0.25, 0.3) is 0 Å². The van der Waals surface area contributed by atoms with Gasteiger partial charge in [0.1, 0.15) is 0 Å². The van der Waals surface area contributed by atoms with Gasteiger partial charge in [-0.1, -0.05) is 31.2 Å². The summed E-state index contributed by atoms with van der Waals surface area (Å²) in [7, 11) is 3.20. The maximum atomic E-state index is 12.5. The highest BCUT2D eigenvalue weighted by atomic mass is 32.2. The zero-order valence-corrected chi connectivity index (χ0v) is 17.9. The van der Waals surface area contributed by atoms with Crippen LogP contribution in [0.1, 0.15) is 37.1 Å². The second-order valence-electron chi connectivity index (χ2n) is 6.95. The summed E-state index contributed by atoms with van der Waals surface area (Å²) < 4.78 is 12.2. The number of methoxy groups -OCH3 is 2. The minimum absolute atomic E-state index is 0.0616. The zero-order valence-electron chi connectivity index (χ0n) is 17.1. The third-order valence-corrected chi connectivity index (χ3v) is 5.95. The minimum atomic E-state index is -0.147. The second-order valence-corrected chi connectivity index (χ2v) is 7.93. The number of hydrogen-bond donors (Lipinski definition) is 1. The van der Waals surface area contributed by atoms with Crippen molar-refractivity contribution < 1.29 is 14.3 Å². The fraction of sp³-hybridized carbons (Fsp3) is 0.476. The minimum Gasteiger partial charge on any atom is -0.493 e. The first kappa shape index (κ1) is 21.2. The molecule has 7 nitrogen and oxygen atoms in total. The molecule has 0 fully saturated rings. The van der Waals surface area contributed by atoms with Gasteiger partial charge in [0.2, 0.25) is 5.91 Å². The molecule has 0 aliphatic carbocycles. The molecule has 0 saturated carbocycles. The van der Waals surface area contributed by atoms with Gasteiger partial charge in [-0.25, -0.2) is 4.98 Å². The summed E-state index contributed by atoms with van der Waals surface area (Å²) in [4.78, 5) is 29.4. The molecule has 1 unspecified atom stereocenters. The number of thioether (sulfide) groups is 1. The number of amides is 1. The van der Waals surface area contributed by atoms with Gasteiger partial charge in [-0.15, -0.1) is 0 Å². The van der Waals surface area contributed by atoms with Gasteiger partial charge in [0, 0.05) is 30.5 Å². The predicted molar refractivity (Wildman–Crippen MR) is 113 cm³/mol. The number of aromatic nitrogens is 2. The lowest BCUT2D eigenvalue weighted by molar-refractivity contribution is -0.121. The van der Waals surface area contributed by atoms with Gasteiger partial charge in [0.15, 0.2) is 16.7 Å². The molecule has 1 aromatic heterocycles. The number of carbonyl (C=O) groups is 1. The molecule has 29 heavy (non-hydrogen) atoms. The molecule has 2 heterocycles. The van der Waals surface area contributed by atoms with Crippen molar-refractivity contribution in [2.24, 2.45) is 0 Å². The van der Waals surface area contributed by atoms with Crippen molar-refractivity contribution in [3.8, 4) is 11.5 Å². The van der Waals surface area contributed by atoms with Crippen molar-refractivity contribution in [1.82, 2.24) is 14.9 Å². The van der Waals surface area contributed by atoms with Crippen molar-refractivity contribution in [2.75, 3.05) is 26.5 Å². The maximum Gasteiger partial charge on any atom is 0.254 e. The number of carbonyl (C=O) groups excluding carboxylic acids is 1. The quantitative estimate of drug-likeness (QED) is 0.632. The lowest BCUT2D eigenvalue weighted by Crippen LogP contribution is -2.31. The Morgan fingerprint density at radius 2 is 2.03 bits per heavy atom. The average Bonchev–Trinajstić information content (AvgIpc) is 3.11. The molecule has 0 saturated heterocycles. The van der Waals surface area contributed by atoms with Crippen molar-refractivity contribution in [3.63, 3.8) is 0 Å². The van der Waals surface area contributed by atoms with Gasteiger partial charge in [-0.2, -0.15) is 0 Å². The number of aryl methyl sites for hydroxylation is 1. The van der Waals surface area contributed by atoms with Gasteiger partial charge < -0.3 is 14.8 Å². The van der Waals surface area contributed by atoms with Crippen LogP contribution in [0.3, 0.4) is 0 Å². The molecule has 2 aromatic rings. The number of ether oxygens (including phenoxy) is 2. The van der Waals surface area contributed by atoms with Crippen LogP contribution >= 0.6 is 11.8 Å². The van der Waals surface area contributed by atoms with E-state index in [1.807, 2.05) is 18.2 Å². The number of rotatable bonds is 9. The van der Waals surface area contributed by atoms with E-state index < -0.39 is 0 Å². The van der Waals surface area contributed by atoms with Crippen LogP contribution in [0, 0.1) is 0 Å². The van der Waals surface area contributed by atoms with Gasteiger partial charge >= 0.3 is 0 Å². The van der Waals surface area contributed by atoms with Gasteiger partial charge in [-0.3, -0.25) is 14.2 Å². The lowest BCUT2D eigenvalue weighted by atomic mass is 10.1. The first-order chi connectivity index (χ1) is 14.0. The van der Waals surface area contributed by atoms with Gasteiger partial charge in [0.05, 0.1) is 20.3 Å². The van der Waals surface area contributed by atoms with E-state index in [4.69, 9.17) is 9.47 Å². The zero-order chi connectivity index (χ0) is 20.8.